The molecule has 0 bridgehead atoms. The van der Waals surface area contributed by atoms with Crippen molar-refractivity contribution in [2.45, 2.75) is 90.4 Å². The number of halogens is 1. The zero-order valence-corrected chi connectivity index (χ0v) is 18.1. The minimum atomic E-state index is 0. The maximum absolute atomic E-state index is 2.32. The summed E-state index contributed by atoms with van der Waals surface area (Å²) in [4.78, 5) is 0. The van der Waals surface area contributed by atoms with E-state index in [4.69, 9.17) is 0 Å². The van der Waals surface area contributed by atoms with Crippen LogP contribution in [0.4, 0.5) is 5.69 Å². The molecule has 1 aromatic rings. The van der Waals surface area contributed by atoms with Crippen LogP contribution < -0.4 is 16.9 Å². The standard InChI is InChI=1S/C23H42N.ClH/c1-5-6-7-8-9-10-11-12-13-14-15-16-19-22-20-17-18-21-23(22)24(2,3)4;/h17-18,20-21H,5-16,19H2,1-4H3;1H/q+1;/p-1. The Hall–Kier alpha value is -0.530. The average molecular weight is 368 g/mol. The van der Waals surface area contributed by atoms with Gasteiger partial charge < -0.3 is 12.4 Å². The number of quaternary nitrogens is 1. The third kappa shape index (κ3) is 11.7. The molecule has 0 radical (unpaired) electrons. The lowest BCUT2D eigenvalue weighted by Gasteiger charge is -2.26. The van der Waals surface area contributed by atoms with Crippen LogP contribution in [-0.2, 0) is 6.42 Å². The Bertz CT molecular complexity index is 422. The summed E-state index contributed by atoms with van der Waals surface area (Å²) in [6, 6.07) is 8.97. The molecule has 0 fully saturated rings. The van der Waals surface area contributed by atoms with Crippen molar-refractivity contribution in [3.05, 3.63) is 29.8 Å². The number of hydrogen-bond donors (Lipinski definition) is 0. The zero-order chi connectivity index (χ0) is 17.7. The Kier molecular flexibility index (Phi) is 14.3. The van der Waals surface area contributed by atoms with Crippen LogP contribution in [0.5, 0.6) is 0 Å². The number of benzene rings is 1. The van der Waals surface area contributed by atoms with E-state index < -0.39 is 0 Å². The number of unbranched alkanes of at least 4 members (excludes halogenated alkanes) is 11. The average Bonchev–Trinajstić information content (AvgIpc) is 2.55. The van der Waals surface area contributed by atoms with Crippen molar-refractivity contribution in [3.63, 3.8) is 0 Å². The van der Waals surface area contributed by atoms with Crippen molar-refractivity contribution in [3.8, 4) is 0 Å². The minimum Gasteiger partial charge on any atom is -1.00 e. The second-order valence-corrected chi connectivity index (χ2v) is 8.28. The van der Waals surface area contributed by atoms with Crippen molar-refractivity contribution in [2.24, 2.45) is 0 Å². The largest absolute Gasteiger partial charge is 1.00 e. The molecule has 0 aliphatic heterocycles. The molecule has 1 aromatic carbocycles. The maximum atomic E-state index is 2.32. The van der Waals surface area contributed by atoms with E-state index in [0.29, 0.717) is 0 Å². The smallest absolute Gasteiger partial charge is 0.135 e. The zero-order valence-electron chi connectivity index (χ0n) is 17.3. The molecule has 0 aliphatic carbocycles. The number of para-hydroxylation sites is 1. The van der Waals surface area contributed by atoms with Gasteiger partial charge in [-0.05, 0) is 18.9 Å². The highest BCUT2D eigenvalue weighted by Gasteiger charge is 2.16. The Morgan fingerprint density at radius 2 is 1.08 bits per heavy atom. The van der Waals surface area contributed by atoms with Gasteiger partial charge in [-0.3, -0.25) is 4.48 Å². The summed E-state index contributed by atoms with van der Waals surface area (Å²) in [6.07, 6.45) is 18.3. The fraction of sp³-hybridized carbons (Fsp3) is 0.739. The van der Waals surface area contributed by atoms with Gasteiger partial charge in [0.25, 0.3) is 0 Å². The first-order valence-electron chi connectivity index (χ1n) is 10.5. The quantitative estimate of drug-likeness (QED) is 0.342. The van der Waals surface area contributed by atoms with Crippen molar-refractivity contribution in [1.82, 2.24) is 4.48 Å². The topological polar surface area (TPSA) is 0 Å². The number of rotatable bonds is 14. The molecule has 25 heavy (non-hydrogen) atoms. The second kappa shape index (κ2) is 14.6. The van der Waals surface area contributed by atoms with E-state index in [9.17, 15) is 0 Å². The van der Waals surface area contributed by atoms with Gasteiger partial charge in [-0.1, -0.05) is 95.8 Å². The van der Waals surface area contributed by atoms with Gasteiger partial charge >= 0.3 is 0 Å². The molecular weight excluding hydrogens is 326 g/mol. The van der Waals surface area contributed by atoms with Gasteiger partial charge in [0, 0.05) is 5.56 Å². The fourth-order valence-electron chi connectivity index (χ4n) is 3.53. The first-order chi connectivity index (χ1) is 11.6. The molecule has 0 atom stereocenters. The molecule has 0 N–H and O–H groups in total. The van der Waals surface area contributed by atoms with Crippen LogP contribution in [0, 0.1) is 0 Å². The van der Waals surface area contributed by atoms with Crippen LogP contribution >= 0.6 is 0 Å². The molecule has 1 nitrogen and oxygen atoms in total. The van der Waals surface area contributed by atoms with Crippen molar-refractivity contribution >= 4 is 5.69 Å². The number of aryl methyl sites for hydroxylation is 1. The van der Waals surface area contributed by atoms with E-state index in [1.165, 1.54) is 94.7 Å². The summed E-state index contributed by atoms with van der Waals surface area (Å²) in [5.74, 6) is 0. The molecule has 0 spiro atoms. The molecule has 0 saturated heterocycles. The molecule has 0 heterocycles. The van der Waals surface area contributed by atoms with Gasteiger partial charge in [-0.25, -0.2) is 0 Å². The highest BCUT2D eigenvalue weighted by Crippen LogP contribution is 2.24. The van der Waals surface area contributed by atoms with Gasteiger partial charge in [0.2, 0.25) is 0 Å². The molecule has 146 valence electrons. The van der Waals surface area contributed by atoms with E-state index in [1.54, 1.807) is 0 Å². The Morgan fingerprint density at radius 3 is 1.56 bits per heavy atom. The second-order valence-electron chi connectivity index (χ2n) is 8.28. The van der Waals surface area contributed by atoms with Gasteiger partial charge in [-0.2, -0.15) is 0 Å². The normalized spacial score (nSPS) is 11.4. The molecule has 0 aromatic heterocycles. The van der Waals surface area contributed by atoms with Crippen LogP contribution in [0.1, 0.15) is 89.5 Å². The number of nitrogens with zero attached hydrogens (tertiary/aromatic N) is 1. The van der Waals surface area contributed by atoms with Gasteiger partial charge in [0.05, 0.1) is 21.1 Å². The van der Waals surface area contributed by atoms with E-state index in [2.05, 4.69) is 52.3 Å². The third-order valence-electron chi connectivity index (χ3n) is 5.01. The summed E-state index contributed by atoms with van der Waals surface area (Å²) in [6.45, 7) is 2.29. The Balaban J connectivity index is 0.00000576. The van der Waals surface area contributed by atoms with Crippen LogP contribution in [0.25, 0.3) is 0 Å². The summed E-state index contributed by atoms with van der Waals surface area (Å²) >= 11 is 0. The minimum absolute atomic E-state index is 0. The van der Waals surface area contributed by atoms with Gasteiger partial charge in [0.15, 0.2) is 0 Å². The molecule has 0 unspecified atom stereocenters. The van der Waals surface area contributed by atoms with Crippen LogP contribution in [0.2, 0.25) is 0 Å². The lowest BCUT2D eigenvalue weighted by molar-refractivity contribution is -0.00000550. The van der Waals surface area contributed by atoms with E-state index >= 15 is 0 Å². The monoisotopic (exact) mass is 367 g/mol. The van der Waals surface area contributed by atoms with Crippen molar-refractivity contribution < 1.29 is 12.4 Å². The molecule has 2 heteroatoms. The van der Waals surface area contributed by atoms with Crippen molar-refractivity contribution in [2.75, 3.05) is 21.1 Å². The highest BCUT2D eigenvalue weighted by molar-refractivity contribution is 5.49. The first kappa shape index (κ1) is 24.5. The fourth-order valence-corrected chi connectivity index (χ4v) is 3.53. The summed E-state index contributed by atoms with van der Waals surface area (Å²) in [5, 5.41) is 0. The van der Waals surface area contributed by atoms with Crippen molar-refractivity contribution in [1.29, 1.82) is 0 Å². The molecule has 1 rings (SSSR count). The van der Waals surface area contributed by atoms with Crippen LogP contribution in [0.3, 0.4) is 0 Å². The first-order valence-corrected chi connectivity index (χ1v) is 10.5. The molecular formula is C23H42ClN. The van der Waals surface area contributed by atoms with Gasteiger partial charge in [-0.15, -0.1) is 0 Å². The van der Waals surface area contributed by atoms with Crippen LogP contribution in [0.15, 0.2) is 24.3 Å². The SMILES string of the molecule is CCCCCCCCCCCCCCc1ccccc1[N+](C)(C)C.[Cl-]. The summed E-state index contributed by atoms with van der Waals surface area (Å²) in [7, 11) is 6.79. The molecule has 0 aliphatic rings. The number of hydrogen-bond acceptors (Lipinski definition) is 0. The molecule has 0 saturated carbocycles. The third-order valence-corrected chi connectivity index (χ3v) is 5.01. The Morgan fingerprint density at radius 1 is 0.640 bits per heavy atom. The van der Waals surface area contributed by atoms with E-state index in [-0.39, 0.29) is 12.4 Å². The highest BCUT2D eigenvalue weighted by atomic mass is 35.5. The van der Waals surface area contributed by atoms with E-state index in [1.807, 2.05) is 0 Å². The predicted octanol–water partition coefficient (Wildman–Crippen LogP) is 4.13. The molecule has 0 amide bonds. The van der Waals surface area contributed by atoms with Crippen LogP contribution in [-0.4, -0.2) is 21.1 Å². The van der Waals surface area contributed by atoms with Gasteiger partial charge in [0.1, 0.15) is 5.69 Å². The summed E-state index contributed by atoms with van der Waals surface area (Å²) in [5.41, 5.74) is 3.01. The lowest BCUT2D eigenvalue weighted by atomic mass is 10.0. The van der Waals surface area contributed by atoms with E-state index in [0.717, 1.165) is 4.48 Å². The predicted molar refractivity (Wildman–Crippen MR) is 111 cm³/mol. The maximum Gasteiger partial charge on any atom is 0.135 e. The lowest BCUT2D eigenvalue weighted by Crippen LogP contribution is -3.00. The summed E-state index contributed by atoms with van der Waals surface area (Å²) < 4.78 is 0.925. The Labute approximate surface area is 164 Å².